The zero-order valence-electron chi connectivity index (χ0n) is 6.46. The van der Waals surface area contributed by atoms with Crippen LogP contribution in [0.5, 0.6) is 0 Å². The van der Waals surface area contributed by atoms with Crippen LogP contribution >= 0.6 is 0 Å². The molecular formula is C7H10N2O2. The van der Waals surface area contributed by atoms with E-state index in [-0.39, 0.29) is 0 Å². The summed E-state index contributed by atoms with van der Waals surface area (Å²) in [5, 5.41) is 15.1. The molecule has 2 N–H and O–H groups in total. The Morgan fingerprint density at radius 1 is 1.82 bits per heavy atom. The van der Waals surface area contributed by atoms with Crippen molar-refractivity contribution < 1.29 is 9.90 Å². The number of carboxylic acids is 1. The molecule has 0 saturated heterocycles. The lowest BCUT2D eigenvalue weighted by atomic mass is 10.1. The lowest BCUT2D eigenvalue weighted by Gasteiger charge is -1.98. The van der Waals surface area contributed by atoms with E-state index < -0.39 is 11.9 Å². The maximum Gasteiger partial charge on any atom is 0.312 e. The van der Waals surface area contributed by atoms with Gasteiger partial charge in [-0.15, -0.1) is 0 Å². The molecule has 4 heteroatoms. The summed E-state index contributed by atoms with van der Waals surface area (Å²) in [4.78, 5) is 10.5. The maximum absolute atomic E-state index is 10.5. The van der Waals surface area contributed by atoms with Crippen molar-refractivity contribution in [1.82, 2.24) is 10.2 Å². The van der Waals surface area contributed by atoms with Crippen molar-refractivity contribution in [3.05, 3.63) is 17.5 Å². The summed E-state index contributed by atoms with van der Waals surface area (Å²) in [6.45, 7) is 3.45. The lowest BCUT2D eigenvalue weighted by Crippen LogP contribution is -2.07. The number of aliphatic carboxylic acids is 1. The normalized spacial score (nSPS) is 12.9. The fraction of sp³-hybridized carbons (Fsp3) is 0.429. The minimum atomic E-state index is -0.850. The number of aryl methyl sites for hydroxylation is 1. The quantitative estimate of drug-likeness (QED) is 0.665. The monoisotopic (exact) mass is 154 g/mol. The average molecular weight is 154 g/mol. The first-order valence-corrected chi connectivity index (χ1v) is 3.36. The summed E-state index contributed by atoms with van der Waals surface area (Å²) in [7, 11) is 0. The van der Waals surface area contributed by atoms with Gasteiger partial charge in [0.05, 0.1) is 11.6 Å². The van der Waals surface area contributed by atoms with Gasteiger partial charge in [-0.05, 0) is 19.9 Å². The molecule has 0 aromatic carbocycles. The molecule has 0 spiro atoms. The predicted molar refractivity (Wildman–Crippen MR) is 39.4 cm³/mol. The first-order valence-electron chi connectivity index (χ1n) is 3.36. The van der Waals surface area contributed by atoms with E-state index in [1.165, 1.54) is 0 Å². The topological polar surface area (TPSA) is 66.0 Å². The number of carboxylic acid groups (broad SMARTS) is 1. The molecule has 0 aliphatic carbocycles. The van der Waals surface area contributed by atoms with Crippen molar-refractivity contribution >= 4 is 5.97 Å². The molecule has 4 nitrogen and oxygen atoms in total. The number of rotatable bonds is 2. The molecule has 0 aliphatic rings. The number of nitrogens with zero attached hydrogens (tertiary/aromatic N) is 1. The largest absolute Gasteiger partial charge is 0.481 e. The fourth-order valence-corrected chi connectivity index (χ4v) is 0.787. The number of hydrogen-bond donors (Lipinski definition) is 2. The van der Waals surface area contributed by atoms with Crippen molar-refractivity contribution in [2.24, 2.45) is 0 Å². The lowest BCUT2D eigenvalue weighted by molar-refractivity contribution is -0.138. The molecule has 0 amide bonds. The fourth-order valence-electron chi connectivity index (χ4n) is 0.787. The number of carbonyl (C=O) groups is 1. The number of H-pyrrole nitrogens is 1. The highest BCUT2D eigenvalue weighted by atomic mass is 16.4. The van der Waals surface area contributed by atoms with Gasteiger partial charge in [-0.2, -0.15) is 5.10 Å². The van der Waals surface area contributed by atoms with Crippen molar-refractivity contribution in [1.29, 1.82) is 0 Å². The van der Waals surface area contributed by atoms with Crippen molar-refractivity contribution in [3.63, 3.8) is 0 Å². The van der Waals surface area contributed by atoms with Crippen LogP contribution in [0.2, 0.25) is 0 Å². The van der Waals surface area contributed by atoms with E-state index in [2.05, 4.69) is 10.2 Å². The standard InChI is InChI=1S/C7H10N2O2/c1-4-3-6(9-8-4)5(2)7(10)11/h3,5H,1-2H3,(H,8,9)(H,10,11)/t5-/m1/s1. The molecule has 0 bridgehead atoms. The van der Waals surface area contributed by atoms with E-state index in [1.54, 1.807) is 13.0 Å². The number of nitrogens with one attached hydrogen (secondary N) is 1. The van der Waals surface area contributed by atoms with Crippen LogP contribution in [0.25, 0.3) is 0 Å². The zero-order chi connectivity index (χ0) is 8.43. The maximum atomic E-state index is 10.5. The number of aromatic nitrogens is 2. The van der Waals surface area contributed by atoms with Gasteiger partial charge in [0.25, 0.3) is 0 Å². The Labute approximate surface area is 64.2 Å². The van der Waals surface area contributed by atoms with Gasteiger partial charge in [0, 0.05) is 5.69 Å². The molecule has 1 rings (SSSR count). The van der Waals surface area contributed by atoms with E-state index >= 15 is 0 Å². The summed E-state index contributed by atoms with van der Waals surface area (Å²) in [6, 6.07) is 1.73. The molecule has 60 valence electrons. The molecule has 1 aromatic rings. The minimum absolute atomic E-state index is 0.528. The number of hydrogen-bond acceptors (Lipinski definition) is 2. The molecule has 0 radical (unpaired) electrons. The molecule has 0 fully saturated rings. The highest BCUT2D eigenvalue weighted by Crippen LogP contribution is 2.12. The van der Waals surface area contributed by atoms with Crippen molar-refractivity contribution in [3.8, 4) is 0 Å². The SMILES string of the molecule is Cc1cc([C@@H](C)C(=O)O)n[nH]1. The van der Waals surface area contributed by atoms with E-state index in [0.717, 1.165) is 5.69 Å². The highest BCUT2D eigenvalue weighted by Gasteiger charge is 2.15. The Bertz CT molecular complexity index is 267. The van der Waals surface area contributed by atoms with E-state index in [1.807, 2.05) is 6.92 Å². The summed E-state index contributed by atoms with van der Waals surface area (Å²) >= 11 is 0. The van der Waals surface area contributed by atoms with E-state index in [4.69, 9.17) is 5.11 Å². The molecule has 1 heterocycles. The van der Waals surface area contributed by atoms with Crippen LogP contribution in [-0.4, -0.2) is 21.3 Å². The zero-order valence-corrected chi connectivity index (χ0v) is 6.46. The third kappa shape index (κ3) is 1.58. The first kappa shape index (κ1) is 7.78. The Balaban J connectivity index is 2.84. The third-order valence-electron chi connectivity index (χ3n) is 1.54. The first-order chi connectivity index (χ1) is 5.11. The summed E-state index contributed by atoms with van der Waals surface area (Å²) in [5.74, 6) is -1.38. The van der Waals surface area contributed by atoms with E-state index in [9.17, 15) is 4.79 Å². The second-order valence-corrected chi connectivity index (χ2v) is 2.54. The van der Waals surface area contributed by atoms with Crippen LogP contribution in [-0.2, 0) is 4.79 Å². The predicted octanol–water partition coefficient (Wildman–Crippen LogP) is 0.906. The Kier molecular flexibility index (Phi) is 1.94. The Morgan fingerprint density at radius 2 is 2.45 bits per heavy atom. The van der Waals surface area contributed by atoms with Crippen LogP contribution < -0.4 is 0 Å². The Hall–Kier alpha value is -1.32. The van der Waals surface area contributed by atoms with Gasteiger partial charge in [0.15, 0.2) is 0 Å². The Morgan fingerprint density at radius 3 is 2.82 bits per heavy atom. The molecule has 11 heavy (non-hydrogen) atoms. The number of aromatic amines is 1. The van der Waals surface area contributed by atoms with Gasteiger partial charge in [-0.3, -0.25) is 9.89 Å². The van der Waals surface area contributed by atoms with Crippen LogP contribution in [0, 0.1) is 6.92 Å². The van der Waals surface area contributed by atoms with Gasteiger partial charge in [0.1, 0.15) is 0 Å². The third-order valence-corrected chi connectivity index (χ3v) is 1.54. The van der Waals surface area contributed by atoms with Gasteiger partial charge in [-0.1, -0.05) is 0 Å². The van der Waals surface area contributed by atoms with Crippen LogP contribution in [0.4, 0.5) is 0 Å². The van der Waals surface area contributed by atoms with Gasteiger partial charge < -0.3 is 5.11 Å². The molecule has 0 aliphatic heterocycles. The highest BCUT2D eigenvalue weighted by molar-refractivity contribution is 5.74. The van der Waals surface area contributed by atoms with Crippen LogP contribution in [0.15, 0.2) is 6.07 Å². The average Bonchev–Trinajstić information content (AvgIpc) is 2.34. The van der Waals surface area contributed by atoms with Gasteiger partial charge in [0.2, 0.25) is 0 Å². The van der Waals surface area contributed by atoms with Gasteiger partial charge in [-0.25, -0.2) is 0 Å². The van der Waals surface area contributed by atoms with Crippen molar-refractivity contribution in [2.75, 3.05) is 0 Å². The molecule has 1 aromatic heterocycles. The van der Waals surface area contributed by atoms with Gasteiger partial charge >= 0.3 is 5.97 Å². The summed E-state index contributed by atoms with van der Waals surface area (Å²) in [6.07, 6.45) is 0. The van der Waals surface area contributed by atoms with Crippen LogP contribution in [0.3, 0.4) is 0 Å². The second-order valence-electron chi connectivity index (χ2n) is 2.54. The molecular weight excluding hydrogens is 144 g/mol. The van der Waals surface area contributed by atoms with Crippen LogP contribution in [0.1, 0.15) is 24.2 Å². The summed E-state index contributed by atoms with van der Waals surface area (Å²) in [5.41, 5.74) is 1.46. The molecule has 0 saturated carbocycles. The minimum Gasteiger partial charge on any atom is -0.481 e. The summed E-state index contributed by atoms with van der Waals surface area (Å²) < 4.78 is 0. The van der Waals surface area contributed by atoms with Crippen molar-refractivity contribution in [2.45, 2.75) is 19.8 Å². The smallest absolute Gasteiger partial charge is 0.312 e. The van der Waals surface area contributed by atoms with E-state index in [0.29, 0.717) is 5.69 Å². The molecule has 1 atom stereocenters. The molecule has 0 unspecified atom stereocenters. The second kappa shape index (κ2) is 2.74.